The number of hydrogen-bond acceptors (Lipinski definition) is 5. The number of carbonyl (C=O) groups excluding carboxylic acids is 3. The van der Waals surface area contributed by atoms with Crippen molar-refractivity contribution in [3.63, 3.8) is 0 Å². The first-order valence-electron chi connectivity index (χ1n) is 13.2. The third-order valence-corrected chi connectivity index (χ3v) is 6.53. The van der Waals surface area contributed by atoms with Gasteiger partial charge < -0.3 is 26.6 Å². The smallest absolute Gasteiger partial charge is 0.303 e. The minimum atomic E-state index is -1.27. The van der Waals surface area contributed by atoms with Crippen LogP contribution in [0.1, 0.15) is 37.7 Å². The molecular weight excluding hydrogens is 526 g/mol. The lowest BCUT2D eigenvalue weighted by molar-refractivity contribution is -0.139. The Bertz CT molecular complexity index is 1360. The molecule has 0 fully saturated rings. The number of primary amides is 1. The van der Waals surface area contributed by atoms with E-state index in [1.165, 1.54) is 0 Å². The number of carboxylic acid groups (broad SMARTS) is 2. The summed E-state index contributed by atoms with van der Waals surface area (Å²) in [6.45, 7) is 0. The average Bonchev–Trinajstić information content (AvgIpc) is 2.96. The van der Waals surface area contributed by atoms with E-state index >= 15 is 0 Å². The van der Waals surface area contributed by atoms with Crippen molar-refractivity contribution in [3.8, 4) is 22.3 Å². The lowest BCUT2D eigenvalue weighted by Crippen LogP contribution is -2.53. The van der Waals surface area contributed by atoms with E-state index in [4.69, 9.17) is 15.9 Å². The van der Waals surface area contributed by atoms with Crippen molar-refractivity contribution in [2.75, 3.05) is 0 Å². The van der Waals surface area contributed by atoms with Crippen molar-refractivity contribution in [2.24, 2.45) is 5.73 Å². The maximum atomic E-state index is 12.7. The number of aliphatic carboxylic acids is 2. The first kappa shape index (κ1) is 30.6. The van der Waals surface area contributed by atoms with Crippen LogP contribution in [-0.4, -0.2) is 52.0 Å². The maximum Gasteiger partial charge on any atom is 0.303 e. The molecule has 0 aromatic heterocycles. The minimum Gasteiger partial charge on any atom is -0.481 e. The molecular formula is C31H33N3O7. The molecule has 3 aromatic carbocycles. The summed E-state index contributed by atoms with van der Waals surface area (Å²) in [4.78, 5) is 58.9. The van der Waals surface area contributed by atoms with E-state index in [9.17, 15) is 24.0 Å². The fourth-order valence-corrected chi connectivity index (χ4v) is 4.24. The van der Waals surface area contributed by atoms with Crippen molar-refractivity contribution < 1.29 is 34.2 Å². The molecule has 0 spiro atoms. The third kappa shape index (κ3) is 9.92. The van der Waals surface area contributed by atoms with Gasteiger partial charge in [0.2, 0.25) is 17.7 Å². The Labute approximate surface area is 237 Å². The highest BCUT2D eigenvalue weighted by molar-refractivity contribution is 5.92. The molecule has 3 amide bonds. The number of amides is 3. The summed E-state index contributed by atoms with van der Waals surface area (Å²) in [7, 11) is 0. The molecule has 0 aliphatic rings. The molecule has 0 aliphatic carbocycles. The van der Waals surface area contributed by atoms with Gasteiger partial charge in [-0.3, -0.25) is 24.0 Å². The van der Waals surface area contributed by atoms with Gasteiger partial charge in [0.25, 0.3) is 0 Å². The Kier molecular flexibility index (Phi) is 11.2. The monoisotopic (exact) mass is 559 g/mol. The average molecular weight is 560 g/mol. The lowest BCUT2D eigenvalue weighted by atomic mass is 9.99. The summed E-state index contributed by atoms with van der Waals surface area (Å²) < 4.78 is 0. The maximum absolute atomic E-state index is 12.7. The largest absolute Gasteiger partial charge is 0.481 e. The number of nitrogens with one attached hydrogen (secondary N) is 2. The predicted molar refractivity (Wildman–Crippen MR) is 152 cm³/mol. The van der Waals surface area contributed by atoms with Crippen LogP contribution in [0.2, 0.25) is 0 Å². The van der Waals surface area contributed by atoms with Crippen LogP contribution < -0.4 is 16.4 Å². The number of hydrogen-bond donors (Lipinski definition) is 5. The Balaban J connectivity index is 1.57. The van der Waals surface area contributed by atoms with Gasteiger partial charge in [0.1, 0.15) is 12.1 Å². The molecule has 10 nitrogen and oxygen atoms in total. The molecule has 0 radical (unpaired) electrons. The first-order chi connectivity index (χ1) is 19.6. The van der Waals surface area contributed by atoms with Gasteiger partial charge >= 0.3 is 11.9 Å². The lowest BCUT2D eigenvalue weighted by Gasteiger charge is -2.21. The molecule has 3 rings (SSSR count). The van der Waals surface area contributed by atoms with E-state index in [0.29, 0.717) is 6.42 Å². The number of aryl methyl sites for hydroxylation is 1. The molecule has 1 unspecified atom stereocenters. The molecule has 0 saturated carbocycles. The van der Waals surface area contributed by atoms with Gasteiger partial charge in [-0.25, -0.2) is 0 Å². The fourth-order valence-electron chi connectivity index (χ4n) is 4.24. The van der Waals surface area contributed by atoms with E-state index in [1.807, 2.05) is 42.5 Å². The van der Waals surface area contributed by atoms with E-state index < -0.39 is 54.6 Å². The number of benzene rings is 3. The zero-order chi connectivity index (χ0) is 29.8. The summed E-state index contributed by atoms with van der Waals surface area (Å²) in [5.74, 6) is -4.55. The quantitative estimate of drug-likeness (QED) is 0.190. The van der Waals surface area contributed by atoms with Gasteiger partial charge in [0.05, 0.1) is 0 Å². The second kappa shape index (κ2) is 15.0. The van der Waals surface area contributed by atoms with Crippen molar-refractivity contribution in [2.45, 2.75) is 50.6 Å². The SMILES string of the molecule is NC(=O)C(CCC(=O)O)NC(=O)[C@H](CCC(=O)O)NC(=O)CCc1ccc(-c2ccc(-c3ccccc3)cc2)cc1. The Morgan fingerprint density at radius 1 is 0.610 bits per heavy atom. The van der Waals surface area contributed by atoms with E-state index in [1.54, 1.807) is 0 Å². The number of carboxylic acids is 2. The second-order valence-corrected chi connectivity index (χ2v) is 9.59. The van der Waals surface area contributed by atoms with Crippen molar-refractivity contribution >= 4 is 29.7 Å². The molecule has 0 heterocycles. The molecule has 2 atom stereocenters. The Hall–Kier alpha value is -4.99. The summed E-state index contributed by atoms with van der Waals surface area (Å²) in [6.07, 6.45) is -0.826. The van der Waals surface area contributed by atoms with Crippen LogP contribution in [0.3, 0.4) is 0 Å². The standard InChI is InChI=1S/C31H33N3O7/c32-30(40)25(15-18-28(36)37)34-31(41)26(16-19-29(38)39)33-27(35)17-8-20-6-9-22(10-7-20)24-13-11-23(12-14-24)21-4-2-1-3-5-21/h1-7,9-14,25-26H,8,15-19H2,(H2,32,40)(H,33,35)(H,34,41)(H,36,37)(H,38,39)/t25?,26-/m0/s1. The van der Waals surface area contributed by atoms with Crippen LogP contribution in [0.25, 0.3) is 22.3 Å². The topological polar surface area (TPSA) is 176 Å². The van der Waals surface area contributed by atoms with E-state index in [-0.39, 0.29) is 19.3 Å². The number of nitrogens with two attached hydrogens (primary N) is 1. The molecule has 3 aromatic rings. The highest BCUT2D eigenvalue weighted by atomic mass is 16.4. The number of rotatable bonds is 15. The molecule has 0 saturated heterocycles. The molecule has 0 aliphatic heterocycles. The van der Waals surface area contributed by atoms with Crippen LogP contribution in [-0.2, 0) is 30.4 Å². The van der Waals surface area contributed by atoms with Crippen LogP contribution in [0.4, 0.5) is 0 Å². The van der Waals surface area contributed by atoms with Gasteiger partial charge in [-0.15, -0.1) is 0 Å². The summed E-state index contributed by atoms with van der Waals surface area (Å²) in [5, 5.41) is 22.7. The van der Waals surface area contributed by atoms with E-state index in [2.05, 4.69) is 47.0 Å². The summed E-state index contributed by atoms with van der Waals surface area (Å²) in [5.41, 5.74) is 10.5. The summed E-state index contributed by atoms with van der Waals surface area (Å²) >= 11 is 0. The molecule has 10 heteroatoms. The van der Waals surface area contributed by atoms with Crippen molar-refractivity contribution in [1.82, 2.24) is 10.6 Å². The summed E-state index contributed by atoms with van der Waals surface area (Å²) in [6, 6.07) is 23.6. The van der Waals surface area contributed by atoms with Crippen LogP contribution in [0.15, 0.2) is 78.9 Å². The van der Waals surface area contributed by atoms with Gasteiger partial charge in [0.15, 0.2) is 0 Å². The van der Waals surface area contributed by atoms with Gasteiger partial charge in [-0.1, -0.05) is 78.9 Å². The third-order valence-electron chi connectivity index (χ3n) is 6.53. The van der Waals surface area contributed by atoms with Gasteiger partial charge in [0, 0.05) is 19.3 Å². The minimum absolute atomic E-state index is 0.0419. The van der Waals surface area contributed by atoms with Crippen LogP contribution >= 0.6 is 0 Å². The molecule has 6 N–H and O–H groups in total. The Morgan fingerprint density at radius 3 is 1.56 bits per heavy atom. The van der Waals surface area contributed by atoms with Crippen LogP contribution in [0.5, 0.6) is 0 Å². The zero-order valence-electron chi connectivity index (χ0n) is 22.4. The highest BCUT2D eigenvalue weighted by Crippen LogP contribution is 2.25. The van der Waals surface area contributed by atoms with Crippen molar-refractivity contribution in [1.29, 1.82) is 0 Å². The molecule has 0 bridgehead atoms. The van der Waals surface area contributed by atoms with E-state index in [0.717, 1.165) is 27.8 Å². The van der Waals surface area contributed by atoms with Crippen molar-refractivity contribution in [3.05, 3.63) is 84.4 Å². The molecule has 214 valence electrons. The molecule has 41 heavy (non-hydrogen) atoms. The predicted octanol–water partition coefficient (Wildman–Crippen LogP) is 3.14. The fraction of sp³-hybridized carbons (Fsp3) is 0.258. The normalized spacial score (nSPS) is 12.1. The number of carbonyl (C=O) groups is 5. The second-order valence-electron chi connectivity index (χ2n) is 9.59. The Morgan fingerprint density at radius 2 is 1.07 bits per heavy atom. The first-order valence-corrected chi connectivity index (χ1v) is 13.2. The van der Waals surface area contributed by atoms with Gasteiger partial charge in [-0.2, -0.15) is 0 Å². The van der Waals surface area contributed by atoms with Crippen LogP contribution in [0, 0.1) is 0 Å². The zero-order valence-corrected chi connectivity index (χ0v) is 22.4. The van der Waals surface area contributed by atoms with Gasteiger partial charge in [-0.05, 0) is 47.1 Å². The highest BCUT2D eigenvalue weighted by Gasteiger charge is 2.26.